The number of ketones is 1. The van der Waals surface area contributed by atoms with Crippen LogP contribution in [0.2, 0.25) is 0 Å². The number of carbonyl (C=O) groups excluding carboxylic acids is 4. The molecule has 178 valence electrons. The Morgan fingerprint density at radius 2 is 1.75 bits per heavy atom. The average molecular weight is 453 g/mol. The van der Waals surface area contributed by atoms with Crippen LogP contribution in [0, 0.1) is 12.8 Å². The highest BCUT2D eigenvalue weighted by molar-refractivity contribution is 5.99. The standard InChI is InChI=1S/C21H32N4O7/c1-11(2)7-14(17(26)21(5)10-31-21)23-20(29)16(9-30-6)24-18(27)13(4)22-19(28)15-8-12(3)32-25-15/h8,11,13-14,16H,7,9-10H2,1-6H3,(H,22,28)(H,23,29)(H,24,27)/t13-,14-,16-,21-/m0/s1. The Kier molecular flexibility index (Phi) is 8.51. The van der Waals surface area contributed by atoms with Gasteiger partial charge in [0.2, 0.25) is 11.8 Å². The van der Waals surface area contributed by atoms with Crippen LogP contribution < -0.4 is 16.0 Å². The molecule has 2 rings (SSSR count). The number of epoxide rings is 1. The maximum Gasteiger partial charge on any atom is 0.274 e. The molecule has 1 fully saturated rings. The summed E-state index contributed by atoms with van der Waals surface area (Å²) < 4.78 is 15.2. The molecule has 2 heterocycles. The number of hydrogen-bond donors (Lipinski definition) is 3. The molecule has 0 bridgehead atoms. The topological polar surface area (TPSA) is 152 Å². The fourth-order valence-corrected chi connectivity index (χ4v) is 3.05. The number of nitrogens with one attached hydrogen (secondary N) is 3. The molecule has 32 heavy (non-hydrogen) atoms. The van der Waals surface area contributed by atoms with Gasteiger partial charge in [0.1, 0.15) is 23.4 Å². The highest BCUT2D eigenvalue weighted by atomic mass is 16.6. The second-order valence-corrected chi connectivity index (χ2v) is 8.61. The molecule has 1 aromatic rings. The fraction of sp³-hybridized carbons (Fsp3) is 0.667. The van der Waals surface area contributed by atoms with Gasteiger partial charge in [-0.05, 0) is 33.1 Å². The van der Waals surface area contributed by atoms with Gasteiger partial charge in [0.05, 0.1) is 19.3 Å². The average Bonchev–Trinajstić information content (AvgIpc) is 3.32. The molecule has 1 aromatic heterocycles. The van der Waals surface area contributed by atoms with Crippen molar-refractivity contribution in [1.82, 2.24) is 21.1 Å². The number of nitrogens with zero attached hydrogens (tertiary/aromatic N) is 1. The molecule has 1 saturated heterocycles. The summed E-state index contributed by atoms with van der Waals surface area (Å²) in [4.78, 5) is 50.4. The monoisotopic (exact) mass is 452 g/mol. The van der Waals surface area contributed by atoms with Gasteiger partial charge < -0.3 is 29.9 Å². The number of aromatic nitrogens is 1. The molecular weight excluding hydrogens is 420 g/mol. The molecule has 0 spiro atoms. The normalized spacial score (nSPS) is 20.2. The third-order valence-corrected chi connectivity index (χ3v) is 5.01. The summed E-state index contributed by atoms with van der Waals surface area (Å²) in [5, 5.41) is 11.4. The van der Waals surface area contributed by atoms with Crippen molar-refractivity contribution < 1.29 is 33.2 Å². The number of aryl methyl sites for hydroxylation is 1. The van der Waals surface area contributed by atoms with Gasteiger partial charge in [-0.2, -0.15) is 0 Å². The Bertz CT molecular complexity index is 847. The minimum atomic E-state index is -1.06. The van der Waals surface area contributed by atoms with Crippen LogP contribution in [0.3, 0.4) is 0 Å². The zero-order valence-corrected chi connectivity index (χ0v) is 19.3. The Morgan fingerprint density at radius 1 is 1.12 bits per heavy atom. The second kappa shape index (κ2) is 10.7. The SMILES string of the molecule is COC[C@H](NC(=O)[C@H](C)NC(=O)c1cc(C)on1)C(=O)N[C@@H](CC(C)C)C(=O)[C@]1(C)CO1. The molecule has 4 atom stereocenters. The number of rotatable bonds is 12. The van der Waals surface area contributed by atoms with E-state index in [4.69, 9.17) is 14.0 Å². The lowest BCUT2D eigenvalue weighted by Gasteiger charge is -2.25. The van der Waals surface area contributed by atoms with Gasteiger partial charge in [-0.1, -0.05) is 19.0 Å². The smallest absolute Gasteiger partial charge is 0.274 e. The summed E-state index contributed by atoms with van der Waals surface area (Å²) in [7, 11) is 1.39. The van der Waals surface area contributed by atoms with E-state index in [-0.39, 0.29) is 24.0 Å². The zero-order chi connectivity index (χ0) is 24.1. The molecule has 3 amide bonds. The predicted octanol–water partition coefficient (Wildman–Crippen LogP) is 0.121. The van der Waals surface area contributed by atoms with Gasteiger partial charge in [0, 0.05) is 13.2 Å². The van der Waals surface area contributed by atoms with Crippen molar-refractivity contribution in [3.05, 3.63) is 17.5 Å². The molecule has 0 aromatic carbocycles. The molecule has 0 aliphatic carbocycles. The summed E-state index contributed by atoms with van der Waals surface area (Å²) in [5.41, 5.74) is -0.843. The first-order chi connectivity index (χ1) is 15.0. The van der Waals surface area contributed by atoms with Gasteiger partial charge >= 0.3 is 0 Å². The summed E-state index contributed by atoms with van der Waals surface area (Å²) in [6, 6.07) is -1.33. The minimum absolute atomic E-state index is 0.0409. The van der Waals surface area contributed by atoms with Crippen molar-refractivity contribution in [2.24, 2.45) is 5.92 Å². The molecule has 11 heteroatoms. The lowest BCUT2D eigenvalue weighted by Crippen LogP contribution is -2.57. The minimum Gasteiger partial charge on any atom is -0.382 e. The number of Topliss-reactive ketones (excluding diaryl/α,β-unsaturated/α-hetero) is 1. The van der Waals surface area contributed by atoms with Crippen LogP contribution in [0.5, 0.6) is 0 Å². The van der Waals surface area contributed by atoms with Crippen molar-refractivity contribution in [3.8, 4) is 0 Å². The first-order valence-electron chi connectivity index (χ1n) is 10.5. The van der Waals surface area contributed by atoms with E-state index in [1.807, 2.05) is 13.8 Å². The van der Waals surface area contributed by atoms with E-state index >= 15 is 0 Å². The Morgan fingerprint density at radius 3 is 2.25 bits per heavy atom. The van der Waals surface area contributed by atoms with Crippen LogP contribution in [-0.4, -0.2) is 72.7 Å². The Labute approximate surface area is 186 Å². The number of ether oxygens (including phenoxy) is 2. The first kappa shape index (κ1) is 25.5. The molecule has 1 aliphatic rings. The van der Waals surface area contributed by atoms with E-state index in [2.05, 4.69) is 21.1 Å². The van der Waals surface area contributed by atoms with Crippen LogP contribution in [-0.2, 0) is 23.9 Å². The quantitative estimate of drug-likeness (QED) is 0.378. The Balaban J connectivity index is 2.00. The van der Waals surface area contributed by atoms with Crippen molar-refractivity contribution in [2.75, 3.05) is 20.3 Å². The zero-order valence-electron chi connectivity index (χ0n) is 19.3. The lowest BCUT2D eigenvalue weighted by molar-refractivity contribution is -0.134. The molecule has 1 aliphatic heterocycles. The summed E-state index contributed by atoms with van der Waals surface area (Å²) in [6.45, 7) is 8.88. The van der Waals surface area contributed by atoms with Crippen molar-refractivity contribution in [1.29, 1.82) is 0 Å². The molecule has 0 radical (unpaired) electrons. The molecule has 11 nitrogen and oxygen atoms in total. The molecule has 0 saturated carbocycles. The van der Waals surface area contributed by atoms with Gasteiger partial charge in [-0.3, -0.25) is 19.2 Å². The van der Waals surface area contributed by atoms with Crippen LogP contribution in [0.1, 0.15) is 50.4 Å². The fourth-order valence-electron chi connectivity index (χ4n) is 3.05. The van der Waals surface area contributed by atoms with Gasteiger partial charge in [-0.15, -0.1) is 0 Å². The highest BCUT2D eigenvalue weighted by Crippen LogP contribution is 2.29. The van der Waals surface area contributed by atoms with Gasteiger partial charge in [0.15, 0.2) is 11.5 Å². The van der Waals surface area contributed by atoms with Crippen molar-refractivity contribution >= 4 is 23.5 Å². The van der Waals surface area contributed by atoms with E-state index in [0.29, 0.717) is 18.8 Å². The molecular formula is C21H32N4O7. The second-order valence-electron chi connectivity index (χ2n) is 8.61. The predicted molar refractivity (Wildman–Crippen MR) is 113 cm³/mol. The number of amides is 3. The van der Waals surface area contributed by atoms with Gasteiger partial charge in [0.25, 0.3) is 5.91 Å². The highest BCUT2D eigenvalue weighted by Gasteiger charge is 2.50. The summed E-state index contributed by atoms with van der Waals surface area (Å²) in [6.07, 6.45) is 0.431. The lowest BCUT2D eigenvalue weighted by atomic mass is 9.93. The molecule has 0 unspecified atom stereocenters. The third kappa shape index (κ3) is 6.86. The van der Waals surface area contributed by atoms with Crippen LogP contribution in [0.4, 0.5) is 0 Å². The maximum atomic E-state index is 12.9. The van der Waals surface area contributed by atoms with Crippen molar-refractivity contribution in [3.63, 3.8) is 0 Å². The van der Waals surface area contributed by atoms with Gasteiger partial charge in [-0.25, -0.2) is 0 Å². The number of hydrogen-bond acceptors (Lipinski definition) is 8. The van der Waals surface area contributed by atoms with E-state index in [0.717, 1.165) is 0 Å². The van der Waals surface area contributed by atoms with E-state index in [1.165, 1.54) is 20.1 Å². The summed E-state index contributed by atoms with van der Waals surface area (Å²) >= 11 is 0. The molecule has 3 N–H and O–H groups in total. The van der Waals surface area contributed by atoms with E-state index in [9.17, 15) is 19.2 Å². The first-order valence-corrected chi connectivity index (χ1v) is 10.5. The Hall–Kier alpha value is -2.79. The van der Waals surface area contributed by atoms with Crippen molar-refractivity contribution in [2.45, 2.75) is 64.8 Å². The maximum absolute atomic E-state index is 12.9. The summed E-state index contributed by atoms with van der Waals surface area (Å²) in [5.74, 6) is -1.34. The number of carbonyl (C=O) groups is 4. The van der Waals surface area contributed by atoms with E-state index in [1.54, 1.807) is 13.8 Å². The van der Waals surface area contributed by atoms with Crippen LogP contribution in [0.15, 0.2) is 10.6 Å². The van der Waals surface area contributed by atoms with Crippen LogP contribution >= 0.6 is 0 Å². The number of methoxy groups -OCH3 is 1. The largest absolute Gasteiger partial charge is 0.382 e. The van der Waals surface area contributed by atoms with E-state index < -0.39 is 41.4 Å². The third-order valence-electron chi connectivity index (χ3n) is 5.01. The van der Waals surface area contributed by atoms with Crippen LogP contribution in [0.25, 0.3) is 0 Å².